The fourth-order valence-corrected chi connectivity index (χ4v) is 6.61. The Bertz CT molecular complexity index is 1640. The Labute approximate surface area is 257 Å². The molecule has 8 nitrogen and oxygen atoms in total. The predicted molar refractivity (Wildman–Crippen MR) is 173 cm³/mol. The summed E-state index contributed by atoms with van der Waals surface area (Å²) in [5, 5.41) is 7.90. The molecule has 1 N–H and O–H groups in total. The van der Waals surface area contributed by atoms with Crippen molar-refractivity contribution in [2.45, 2.75) is 45.4 Å². The van der Waals surface area contributed by atoms with Crippen molar-refractivity contribution in [2.24, 2.45) is 0 Å². The normalized spacial score (nSPS) is 15.4. The third-order valence-corrected chi connectivity index (χ3v) is 8.99. The van der Waals surface area contributed by atoms with Crippen molar-refractivity contribution in [3.8, 4) is 28.4 Å². The van der Waals surface area contributed by atoms with Crippen LogP contribution in [0.5, 0.6) is 11.5 Å². The minimum Gasteiger partial charge on any atom is -0.497 e. The summed E-state index contributed by atoms with van der Waals surface area (Å²) in [6, 6.07) is 21.8. The molecule has 0 radical (unpaired) electrons. The molecular weight excluding hydrogens is 560 g/mol. The van der Waals surface area contributed by atoms with Gasteiger partial charge in [-0.25, -0.2) is 4.68 Å². The van der Waals surface area contributed by atoms with Gasteiger partial charge in [-0.15, -0.1) is 11.8 Å². The second kappa shape index (κ2) is 13.0. The summed E-state index contributed by atoms with van der Waals surface area (Å²) in [5.41, 5.74) is 6.32. The first-order chi connectivity index (χ1) is 20.7. The molecule has 1 aliphatic rings. The molecule has 0 bridgehead atoms. The van der Waals surface area contributed by atoms with Crippen LogP contribution in [0.1, 0.15) is 47.8 Å². The highest BCUT2D eigenvalue weighted by Gasteiger charge is 2.39. The summed E-state index contributed by atoms with van der Waals surface area (Å²) in [6.45, 7) is 7.94. The van der Waals surface area contributed by atoms with Crippen LogP contribution in [0.2, 0.25) is 0 Å². The van der Waals surface area contributed by atoms with Gasteiger partial charge in [0.1, 0.15) is 23.9 Å². The molecule has 0 saturated carbocycles. The Balaban J connectivity index is 1.84. The maximum absolute atomic E-state index is 14.0. The van der Waals surface area contributed by atoms with Crippen molar-refractivity contribution in [3.63, 3.8) is 0 Å². The molecule has 0 aliphatic carbocycles. The number of rotatable bonds is 9. The van der Waals surface area contributed by atoms with Crippen LogP contribution in [0.3, 0.4) is 0 Å². The quantitative estimate of drug-likeness (QED) is 0.245. The number of thioether (sulfide) groups is 1. The number of methoxy groups -OCH3 is 2. The van der Waals surface area contributed by atoms with Crippen LogP contribution in [0.15, 0.2) is 66.7 Å². The number of aromatic nitrogens is 2. The van der Waals surface area contributed by atoms with E-state index in [1.807, 2.05) is 93.0 Å². The Morgan fingerprint density at radius 2 is 1.84 bits per heavy atom. The lowest BCUT2D eigenvalue weighted by atomic mass is 9.98. The minimum absolute atomic E-state index is 0.0126. The number of carbonyl (C=O) groups is 2. The highest BCUT2D eigenvalue weighted by atomic mass is 32.2. The van der Waals surface area contributed by atoms with Crippen LogP contribution < -0.4 is 19.7 Å². The largest absolute Gasteiger partial charge is 0.497 e. The monoisotopic (exact) mass is 598 g/mol. The van der Waals surface area contributed by atoms with Gasteiger partial charge in [0.05, 0.1) is 36.6 Å². The first kappa shape index (κ1) is 30.2. The van der Waals surface area contributed by atoms with E-state index in [4.69, 9.17) is 14.6 Å². The molecule has 0 saturated heterocycles. The SMILES string of the molecule is CCC(C)NC(=O)CN1C(=O)CSC(c2cc(OC)ccc2OC)c2c(-c3ccccc3)nn(-c3ccc(C)cc3C)c21. The van der Waals surface area contributed by atoms with Gasteiger partial charge in [-0.2, -0.15) is 5.10 Å². The van der Waals surface area contributed by atoms with E-state index in [2.05, 4.69) is 11.4 Å². The Morgan fingerprint density at radius 1 is 1.07 bits per heavy atom. The number of nitrogens with one attached hydrogen (secondary N) is 1. The molecule has 2 atom stereocenters. The summed E-state index contributed by atoms with van der Waals surface area (Å²) < 4.78 is 13.3. The highest BCUT2D eigenvalue weighted by molar-refractivity contribution is 8.00. The van der Waals surface area contributed by atoms with E-state index in [0.29, 0.717) is 17.3 Å². The number of fused-ring (bicyclic) bond motifs is 1. The topological polar surface area (TPSA) is 85.7 Å². The summed E-state index contributed by atoms with van der Waals surface area (Å²) in [5.74, 6) is 1.72. The number of ether oxygens (including phenoxy) is 2. The number of nitrogens with zero attached hydrogens (tertiary/aromatic N) is 3. The molecule has 9 heteroatoms. The fraction of sp³-hybridized carbons (Fsp3) is 0.324. The Morgan fingerprint density at radius 3 is 2.51 bits per heavy atom. The van der Waals surface area contributed by atoms with Gasteiger partial charge in [-0.05, 0) is 57.0 Å². The summed E-state index contributed by atoms with van der Waals surface area (Å²) in [4.78, 5) is 29.0. The molecule has 1 aliphatic heterocycles. The van der Waals surface area contributed by atoms with Gasteiger partial charge >= 0.3 is 0 Å². The standard InChI is InChI=1S/C34H38N4O4S/c1-7-23(4)35-29(39)19-37-30(40)20-43-33(26-18-25(41-5)14-16-28(26)42-6)31-32(24-11-9-8-10-12-24)36-38(34(31)37)27-15-13-21(2)17-22(27)3/h8-18,23,33H,7,19-20H2,1-6H3,(H,35,39). The maximum Gasteiger partial charge on any atom is 0.240 e. The van der Waals surface area contributed by atoms with Gasteiger partial charge in [0, 0.05) is 22.7 Å². The second-order valence-electron chi connectivity index (χ2n) is 10.8. The number of amides is 2. The number of anilines is 1. The fourth-order valence-electron chi connectivity index (χ4n) is 5.40. The summed E-state index contributed by atoms with van der Waals surface area (Å²) >= 11 is 1.50. The molecule has 1 aromatic heterocycles. The van der Waals surface area contributed by atoms with Crippen molar-refractivity contribution in [3.05, 3.63) is 89.0 Å². The lowest BCUT2D eigenvalue weighted by Crippen LogP contribution is -2.44. The van der Waals surface area contributed by atoms with Gasteiger partial charge in [-0.3, -0.25) is 14.5 Å². The average molecular weight is 599 g/mol. The average Bonchev–Trinajstić information content (AvgIpc) is 3.33. The first-order valence-electron chi connectivity index (χ1n) is 14.4. The smallest absolute Gasteiger partial charge is 0.240 e. The third-order valence-electron chi connectivity index (χ3n) is 7.76. The molecule has 0 spiro atoms. The van der Waals surface area contributed by atoms with E-state index in [1.54, 1.807) is 19.1 Å². The molecule has 5 rings (SSSR count). The van der Waals surface area contributed by atoms with Crippen molar-refractivity contribution >= 4 is 29.4 Å². The van der Waals surface area contributed by atoms with Crippen molar-refractivity contribution < 1.29 is 19.1 Å². The molecule has 2 amide bonds. The summed E-state index contributed by atoms with van der Waals surface area (Å²) in [7, 11) is 3.27. The molecule has 4 aromatic rings. The zero-order chi connectivity index (χ0) is 30.7. The first-order valence-corrected chi connectivity index (χ1v) is 15.5. The van der Waals surface area contributed by atoms with Gasteiger partial charge in [0.2, 0.25) is 11.8 Å². The van der Waals surface area contributed by atoms with E-state index in [1.165, 1.54) is 11.8 Å². The predicted octanol–water partition coefficient (Wildman–Crippen LogP) is 6.26. The number of hydrogen-bond acceptors (Lipinski definition) is 6. The highest BCUT2D eigenvalue weighted by Crippen LogP contribution is 2.51. The van der Waals surface area contributed by atoms with Gasteiger partial charge in [0.15, 0.2) is 0 Å². The molecular formula is C34H38N4O4S. The second-order valence-corrected chi connectivity index (χ2v) is 11.9. The van der Waals surface area contributed by atoms with Gasteiger partial charge < -0.3 is 14.8 Å². The molecule has 224 valence electrons. The van der Waals surface area contributed by atoms with Crippen molar-refractivity contribution in [1.29, 1.82) is 0 Å². The Kier molecular flexibility index (Phi) is 9.11. The van der Waals surface area contributed by atoms with Crippen molar-refractivity contribution in [2.75, 3.05) is 31.4 Å². The van der Waals surface area contributed by atoms with Crippen LogP contribution in [0.25, 0.3) is 16.9 Å². The zero-order valence-electron chi connectivity index (χ0n) is 25.5. The van der Waals surface area contributed by atoms with E-state index in [9.17, 15) is 9.59 Å². The third kappa shape index (κ3) is 6.13. The van der Waals surface area contributed by atoms with Crippen LogP contribution in [-0.4, -0.2) is 54.2 Å². The molecule has 3 aromatic carbocycles. The number of carbonyl (C=O) groups excluding carboxylic acids is 2. The van der Waals surface area contributed by atoms with Crippen LogP contribution in [-0.2, 0) is 9.59 Å². The van der Waals surface area contributed by atoms with Crippen molar-refractivity contribution in [1.82, 2.24) is 15.1 Å². The number of benzene rings is 3. The minimum atomic E-state index is -0.346. The molecule has 2 unspecified atom stereocenters. The van der Waals surface area contributed by atoms with Crippen LogP contribution in [0.4, 0.5) is 5.82 Å². The summed E-state index contributed by atoms with van der Waals surface area (Å²) in [6.07, 6.45) is 0.789. The van der Waals surface area contributed by atoms with E-state index >= 15 is 0 Å². The van der Waals surface area contributed by atoms with Crippen LogP contribution >= 0.6 is 11.8 Å². The van der Waals surface area contributed by atoms with Crippen LogP contribution in [0, 0.1) is 13.8 Å². The number of hydrogen-bond donors (Lipinski definition) is 1. The van der Waals surface area contributed by atoms with E-state index in [-0.39, 0.29) is 35.4 Å². The molecule has 2 heterocycles. The van der Waals surface area contributed by atoms with E-state index in [0.717, 1.165) is 45.6 Å². The number of aryl methyl sites for hydroxylation is 2. The van der Waals surface area contributed by atoms with Gasteiger partial charge in [0.25, 0.3) is 0 Å². The lowest BCUT2D eigenvalue weighted by molar-refractivity contribution is -0.123. The molecule has 0 fully saturated rings. The van der Waals surface area contributed by atoms with E-state index < -0.39 is 0 Å². The Hall–Kier alpha value is -4.24. The van der Waals surface area contributed by atoms with Gasteiger partial charge in [-0.1, -0.05) is 55.0 Å². The maximum atomic E-state index is 14.0. The zero-order valence-corrected chi connectivity index (χ0v) is 26.3. The molecule has 43 heavy (non-hydrogen) atoms. The lowest BCUT2D eigenvalue weighted by Gasteiger charge is -2.25.